The minimum atomic E-state index is -3.06. The van der Waals surface area contributed by atoms with Crippen molar-refractivity contribution in [3.05, 3.63) is 23.2 Å². The van der Waals surface area contributed by atoms with E-state index in [1.807, 2.05) is 13.8 Å². The van der Waals surface area contributed by atoms with Crippen LogP contribution in [-0.4, -0.2) is 39.2 Å². The third-order valence-electron chi connectivity index (χ3n) is 3.88. The Hall–Kier alpha value is -0.850. The second-order valence-corrected chi connectivity index (χ2v) is 7.61. The van der Waals surface area contributed by atoms with Gasteiger partial charge in [0.1, 0.15) is 11.5 Å². The Morgan fingerprint density at radius 1 is 1.35 bits per heavy atom. The normalized spacial score (nSPS) is 18.6. The maximum absolute atomic E-state index is 11.1. The number of aryl methyl sites for hydroxylation is 2. The zero-order valence-electron chi connectivity index (χ0n) is 12.5. The van der Waals surface area contributed by atoms with Gasteiger partial charge in [0.15, 0.2) is 0 Å². The first-order chi connectivity index (χ1) is 9.33. The van der Waals surface area contributed by atoms with Gasteiger partial charge in [-0.2, -0.15) is 0 Å². The molecule has 2 rings (SSSR count). The standard InChI is InChI=1S/C14H24N2O3S/c1-11-8-14(12(2)19-11)10-16-6-4-13(5-7-16)9-15-20(3,17)18/h8,13,15H,4-7,9-10H2,1-3H3. The molecule has 0 radical (unpaired) electrons. The Balaban J connectivity index is 1.78. The van der Waals surface area contributed by atoms with Crippen molar-refractivity contribution in [1.29, 1.82) is 0 Å². The summed E-state index contributed by atoms with van der Waals surface area (Å²) in [5.41, 5.74) is 1.26. The van der Waals surface area contributed by atoms with Crippen molar-refractivity contribution in [3.63, 3.8) is 0 Å². The molecule has 0 spiro atoms. The molecule has 20 heavy (non-hydrogen) atoms. The van der Waals surface area contributed by atoms with Crippen LogP contribution in [-0.2, 0) is 16.6 Å². The molecule has 0 bridgehead atoms. The largest absolute Gasteiger partial charge is 0.466 e. The first-order valence-electron chi connectivity index (χ1n) is 7.06. The lowest BCUT2D eigenvalue weighted by Gasteiger charge is -2.31. The molecule has 0 atom stereocenters. The predicted molar refractivity (Wildman–Crippen MR) is 79.0 cm³/mol. The maximum atomic E-state index is 11.1. The minimum Gasteiger partial charge on any atom is -0.466 e. The van der Waals surface area contributed by atoms with Crippen LogP contribution in [0.5, 0.6) is 0 Å². The fourth-order valence-electron chi connectivity index (χ4n) is 2.70. The van der Waals surface area contributed by atoms with Gasteiger partial charge in [0, 0.05) is 18.7 Å². The number of furan rings is 1. The third-order valence-corrected chi connectivity index (χ3v) is 4.57. The van der Waals surface area contributed by atoms with Gasteiger partial charge < -0.3 is 4.42 Å². The minimum absolute atomic E-state index is 0.452. The van der Waals surface area contributed by atoms with E-state index in [1.54, 1.807) is 0 Å². The van der Waals surface area contributed by atoms with E-state index in [0.717, 1.165) is 44.0 Å². The van der Waals surface area contributed by atoms with Crippen molar-refractivity contribution in [2.24, 2.45) is 5.92 Å². The molecule has 0 amide bonds. The molecule has 1 aliphatic heterocycles. The molecule has 1 aromatic rings. The molecular formula is C14H24N2O3S. The van der Waals surface area contributed by atoms with Crippen molar-refractivity contribution in [1.82, 2.24) is 9.62 Å². The molecule has 0 aromatic carbocycles. The number of likely N-dealkylation sites (tertiary alicyclic amines) is 1. The van der Waals surface area contributed by atoms with E-state index in [2.05, 4.69) is 15.7 Å². The molecule has 1 saturated heterocycles. The van der Waals surface area contributed by atoms with E-state index in [9.17, 15) is 8.42 Å². The molecule has 1 N–H and O–H groups in total. The summed E-state index contributed by atoms with van der Waals surface area (Å²) in [6, 6.07) is 2.10. The third kappa shape index (κ3) is 4.61. The average molecular weight is 300 g/mol. The lowest BCUT2D eigenvalue weighted by molar-refractivity contribution is 0.178. The summed E-state index contributed by atoms with van der Waals surface area (Å²) in [7, 11) is -3.06. The number of hydrogen-bond acceptors (Lipinski definition) is 4. The lowest BCUT2D eigenvalue weighted by Crippen LogP contribution is -2.38. The highest BCUT2D eigenvalue weighted by Crippen LogP contribution is 2.21. The summed E-state index contributed by atoms with van der Waals surface area (Å²) in [5, 5.41) is 0. The van der Waals surface area contributed by atoms with Crippen LogP contribution in [0.1, 0.15) is 29.9 Å². The second-order valence-electron chi connectivity index (χ2n) is 5.78. The molecule has 0 aliphatic carbocycles. The van der Waals surface area contributed by atoms with Gasteiger partial charge in [-0.15, -0.1) is 0 Å². The van der Waals surface area contributed by atoms with Crippen molar-refractivity contribution in [3.8, 4) is 0 Å². The Bertz CT molecular complexity index is 543. The molecule has 1 aliphatic rings. The number of piperidine rings is 1. The Kier molecular flexibility index (Phi) is 4.88. The second kappa shape index (κ2) is 6.28. The van der Waals surface area contributed by atoms with Crippen LogP contribution in [0.3, 0.4) is 0 Å². The van der Waals surface area contributed by atoms with Crippen LogP contribution in [0.25, 0.3) is 0 Å². The number of nitrogens with one attached hydrogen (secondary N) is 1. The number of hydrogen-bond donors (Lipinski definition) is 1. The molecule has 114 valence electrons. The lowest BCUT2D eigenvalue weighted by atomic mass is 9.97. The van der Waals surface area contributed by atoms with E-state index in [1.165, 1.54) is 11.8 Å². The summed E-state index contributed by atoms with van der Waals surface area (Å²) >= 11 is 0. The summed E-state index contributed by atoms with van der Waals surface area (Å²) < 4.78 is 30.3. The van der Waals surface area contributed by atoms with Crippen LogP contribution >= 0.6 is 0 Å². The Labute approximate surface area is 121 Å². The van der Waals surface area contributed by atoms with Gasteiger partial charge in [0.25, 0.3) is 0 Å². The zero-order valence-corrected chi connectivity index (χ0v) is 13.3. The average Bonchev–Trinajstić information content (AvgIpc) is 2.66. The van der Waals surface area contributed by atoms with Crippen molar-refractivity contribution >= 4 is 10.0 Å². The molecule has 6 heteroatoms. The highest BCUT2D eigenvalue weighted by atomic mass is 32.2. The van der Waals surface area contributed by atoms with E-state index in [4.69, 9.17) is 4.42 Å². The molecule has 0 unspecified atom stereocenters. The van der Waals surface area contributed by atoms with E-state index in [-0.39, 0.29) is 0 Å². The van der Waals surface area contributed by atoms with Gasteiger partial charge in [0.05, 0.1) is 6.26 Å². The molecule has 0 saturated carbocycles. The highest BCUT2D eigenvalue weighted by molar-refractivity contribution is 7.88. The number of rotatable bonds is 5. The number of nitrogens with zero attached hydrogens (tertiary/aromatic N) is 1. The first kappa shape index (κ1) is 15.5. The predicted octanol–water partition coefficient (Wildman–Crippen LogP) is 1.66. The maximum Gasteiger partial charge on any atom is 0.208 e. The number of sulfonamides is 1. The Morgan fingerprint density at radius 3 is 2.50 bits per heavy atom. The summed E-state index contributed by atoms with van der Waals surface area (Å²) in [6.07, 6.45) is 3.29. The summed E-state index contributed by atoms with van der Waals surface area (Å²) in [4.78, 5) is 2.41. The van der Waals surface area contributed by atoms with Gasteiger partial charge in [-0.1, -0.05) is 0 Å². The van der Waals surface area contributed by atoms with Gasteiger partial charge in [-0.3, -0.25) is 4.90 Å². The van der Waals surface area contributed by atoms with Crippen molar-refractivity contribution < 1.29 is 12.8 Å². The van der Waals surface area contributed by atoms with Crippen LogP contribution in [0.4, 0.5) is 0 Å². The summed E-state index contributed by atoms with van der Waals surface area (Å²) in [5.74, 6) is 2.42. The van der Waals surface area contributed by atoms with Gasteiger partial charge in [-0.25, -0.2) is 13.1 Å². The van der Waals surface area contributed by atoms with Crippen molar-refractivity contribution in [2.45, 2.75) is 33.2 Å². The van der Waals surface area contributed by atoms with Gasteiger partial charge >= 0.3 is 0 Å². The van der Waals surface area contributed by atoms with E-state index in [0.29, 0.717) is 12.5 Å². The van der Waals surface area contributed by atoms with E-state index >= 15 is 0 Å². The quantitative estimate of drug-likeness (QED) is 0.898. The molecule has 1 fully saturated rings. The highest BCUT2D eigenvalue weighted by Gasteiger charge is 2.21. The monoisotopic (exact) mass is 300 g/mol. The molecule has 1 aromatic heterocycles. The Morgan fingerprint density at radius 2 is 2.00 bits per heavy atom. The summed E-state index contributed by atoms with van der Waals surface area (Å²) in [6.45, 7) is 7.50. The SMILES string of the molecule is Cc1cc(CN2CCC(CNS(C)(=O)=O)CC2)c(C)o1. The smallest absolute Gasteiger partial charge is 0.208 e. The fourth-order valence-corrected chi connectivity index (χ4v) is 3.24. The fraction of sp³-hybridized carbons (Fsp3) is 0.714. The molecule has 2 heterocycles. The van der Waals surface area contributed by atoms with Crippen LogP contribution < -0.4 is 4.72 Å². The molecule has 5 nitrogen and oxygen atoms in total. The van der Waals surface area contributed by atoms with Crippen LogP contribution in [0.2, 0.25) is 0 Å². The van der Waals surface area contributed by atoms with Crippen molar-refractivity contribution in [2.75, 3.05) is 25.9 Å². The van der Waals surface area contributed by atoms with E-state index < -0.39 is 10.0 Å². The van der Waals surface area contributed by atoms with Crippen LogP contribution in [0.15, 0.2) is 10.5 Å². The zero-order chi connectivity index (χ0) is 14.8. The van der Waals surface area contributed by atoms with Gasteiger partial charge in [-0.05, 0) is 51.8 Å². The molecular weight excluding hydrogens is 276 g/mol. The van der Waals surface area contributed by atoms with Gasteiger partial charge in [0.2, 0.25) is 10.0 Å². The van der Waals surface area contributed by atoms with Crippen LogP contribution in [0, 0.1) is 19.8 Å². The first-order valence-corrected chi connectivity index (χ1v) is 8.95. The topological polar surface area (TPSA) is 62.6 Å².